The minimum absolute atomic E-state index is 0.0767. The molecule has 20 heavy (non-hydrogen) atoms. The lowest BCUT2D eigenvalue weighted by Gasteiger charge is -2.21. The van der Waals surface area contributed by atoms with Crippen molar-refractivity contribution in [1.82, 2.24) is 5.32 Å². The van der Waals surface area contributed by atoms with E-state index in [1.54, 1.807) is 14.0 Å². The maximum atomic E-state index is 9.26. The summed E-state index contributed by atoms with van der Waals surface area (Å²) in [7, 11) is 1.63. The fraction of sp³-hybridized carbons (Fsp3) is 0.625. The lowest BCUT2D eigenvalue weighted by Crippen LogP contribution is -2.35. The highest BCUT2D eigenvalue weighted by Crippen LogP contribution is 2.28. The van der Waals surface area contributed by atoms with Crippen molar-refractivity contribution in [3.63, 3.8) is 0 Å². The minimum atomic E-state index is -0.355. The van der Waals surface area contributed by atoms with Gasteiger partial charge in [-0.15, -0.1) is 0 Å². The first kappa shape index (κ1) is 16.8. The molecule has 2 N–H and O–H groups in total. The number of hydrogen-bond acceptors (Lipinski definition) is 4. The van der Waals surface area contributed by atoms with Gasteiger partial charge < -0.3 is 19.9 Å². The van der Waals surface area contributed by atoms with Gasteiger partial charge in [-0.3, -0.25) is 0 Å². The first-order chi connectivity index (χ1) is 9.31. The minimum Gasteiger partial charge on any atom is -0.493 e. The maximum Gasteiger partial charge on any atom is 0.161 e. The zero-order valence-electron chi connectivity index (χ0n) is 13.2. The summed E-state index contributed by atoms with van der Waals surface area (Å²) >= 11 is 0. The molecule has 0 fully saturated rings. The van der Waals surface area contributed by atoms with Gasteiger partial charge in [0.05, 0.1) is 19.8 Å². The van der Waals surface area contributed by atoms with Crippen LogP contribution >= 0.6 is 0 Å². The van der Waals surface area contributed by atoms with Crippen LogP contribution in [0.15, 0.2) is 18.2 Å². The van der Waals surface area contributed by atoms with Crippen molar-refractivity contribution < 1.29 is 14.6 Å². The third-order valence-electron chi connectivity index (χ3n) is 2.84. The molecular formula is C16H27NO3. The highest BCUT2D eigenvalue weighted by atomic mass is 16.5. The second-order valence-corrected chi connectivity index (χ2v) is 6.07. The third kappa shape index (κ3) is 6.26. The van der Waals surface area contributed by atoms with Gasteiger partial charge in [-0.25, -0.2) is 0 Å². The molecule has 1 aromatic rings. The molecule has 0 aliphatic carbocycles. The zero-order chi connectivity index (χ0) is 15.2. The summed E-state index contributed by atoms with van der Waals surface area (Å²) in [5.74, 6) is 1.44. The van der Waals surface area contributed by atoms with Crippen molar-refractivity contribution in [3.8, 4) is 11.5 Å². The molecule has 0 saturated heterocycles. The lowest BCUT2D eigenvalue weighted by atomic mass is 10.1. The van der Waals surface area contributed by atoms with Gasteiger partial charge in [0.25, 0.3) is 0 Å². The number of nitrogens with one attached hydrogen (secondary N) is 1. The fourth-order valence-electron chi connectivity index (χ4n) is 1.65. The van der Waals surface area contributed by atoms with Crippen molar-refractivity contribution in [2.75, 3.05) is 13.7 Å². The van der Waals surface area contributed by atoms with Crippen molar-refractivity contribution >= 4 is 0 Å². The van der Waals surface area contributed by atoms with E-state index in [0.29, 0.717) is 13.0 Å². The molecule has 4 heteroatoms. The molecule has 1 aromatic carbocycles. The van der Waals surface area contributed by atoms with E-state index in [1.165, 1.54) is 0 Å². The van der Waals surface area contributed by atoms with Crippen LogP contribution in [0.5, 0.6) is 11.5 Å². The highest BCUT2D eigenvalue weighted by Gasteiger charge is 2.11. The molecule has 0 aliphatic rings. The van der Waals surface area contributed by atoms with Gasteiger partial charge in [-0.05, 0) is 45.4 Å². The molecule has 0 aliphatic heterocycles. The van der Waals surface area contributed by atoms with E-state index in [-0.39, 0.29) is 11.6 Å². The summed E-state index contributed by atoms with van der Waals surface area (Å²) in [5.41, 5.74) is 1.22. The largest absolute Gasteiger partial charge is 0.493 e. The second kappa shape index (κ2) is 7.50. The smallest absolute Gasteiger partial charge is 0.161 e. The number of aliphatic hydroxyl groups is 1. The lowest BCUT2D eigenvalue weighted by molar-refractivity contribution is 0.154. The van der Waals surface area contributed by atoms with E-state index >= 15 is 0 Å². The molecule has 0 radical (unpaired) electrons. The highest BCUT2D eigenvalue weighted by molar-refractivity contribution is 5.43. The van der Waals surface area contributed by atoms with Gasteiger partial charge in [0.1, 0.15) is 0 Å². The predicted octanol–water partition coefficient (Wildman–Crippen LogP) is 2.73. The van der Waals surface area contributed by atoms with Gasteiger partial charge >= 0.3 is 0 Å². The number of hydrogen-bond donors (Lipinski definition) is 2. The molecule has 0 saturated carbocycles. The Labute approximate surface area is 122 Å². The summed E-state index contributed by atoms with van der Waals surface area (Å²) in [4.78, 5) is 0. The standard InChI is InChI=1S/C16H27NO3/c1-12(18)8-9-20-15-10-13(6-7-14(15)19-5)11-17-16(2,3)4/h6-7,10,12,17-18H,8-9,11H2,1-5H3. The Morgan fingerprint density at radius 1 is 1.25 bits per heavy atom. The Hall–Kier alpha value is -1.26. The normalized spacial score (nSPS) is 13.1. The summed E-state index contributed by atoms with van der Waals surface area (Å²) in [5, 5.41) is 12.7. The zero-order valence-corrected chi connectivity index (χ0v) is 13.2. The van der Waals surface area contributed by atoms with Gasteiger partial charge in [0, 0.05) is 18.5 Å². The topological polar surface area (TPSA) is 50.7 Å². The van der Waals surface area contributed by atoms with Crippen LogP contribution in [0, 0.1) is 0 Å². The number of aliphatic hydroxyl groups excluding tert-OH is 1. The molecule has 1 atom stereocenters. The van der Waals surface area contributed by atoms with E-state index in [2.05, 4.69) is 26.1 Å². The van der Waals surface area contributed by atoms with Crippen LogP contribution in [0.2, 0.25) is 0 Å². The van der Waals surface area contributed by atoms with Crippen LogP contribution < -0.4 is 14.8 Å². The Morgan fingerprint density at radius 2 is 1.95 bits per heavy atom. The van der Waals surface area contributed by atoms with Crippen molar-refractivity contribution in [1.29, 1.82) is 0 Å². The van der Waals surface area contributed by atoms with E-state index in [1.807, 2.05) is 18.2 Å². The van der Waals surface area contributed by atoms with E-state index in [9.17, 15) is 5.11 Å². The maximum absolute atomic E-state index is 9.26. The summed E-state index contributed by atoms with van der Waals surface area (Å²) in [6.07, 6.45) is 0.250. The van der Waals surface area contributed by atoms with Gasteiger partial charge in [0.15, 0.2) is 11.5 Å². The first-order valence-electron chi connectivity index (χ1n) is 7.04. The molecule has 0 spiro atoms. The number of ether oxygens (including phenoxy) is 2. The second-order valence-electron chi connectivity index (χ2n) is 6.07. The molecule has 1 unspecified atom stereocenters. The van der Waals surface area contributed by atoms with Crippen LogP contribution in [0.4, 0.5) is 0 Å². The van der Waals surface area contributed by atoms with E-state index in [0.717, 1.165) is 23.6 Å². The third-order valence-corrected chi connectivity index (χ3v) is 2.84. The molecule has 0 heterocycles. The van der Waals surface area contributed by atoms with Gasteiger partial charge in [-0.2, -0.15) is 0 Å². The van der Waals surface area contributed by atoms with Crippen LogP contribution in [0.1, 0.15) is 39.7 Å². The van der Waals surface area contributed by atoms with E-state index < -0.39 is 0 Å². The average molecular weight is 281 g/mol. The Balaban J connectivity index is 2.70. The Kier molecular flexibility index (Phi) is 6.30. The summed E-state index contributed by atoms with van der Waals surface area (Å²) < 4.78 is 11.0. The molecule has 0 aromatic heterocycles. The number of benzene rings is 1. The molecule has 4 nitrogen and oxygen atoms in total. The first-order valence-corrected chi connectivity index (χ1v) is 7.04. The number of methoxy groups -OCH3 is 1. The monoisotopic (exact) mass is 281 g/mol. The molecule has 114 valence electrons. The van der Waals surface area contributed by atoms with Crippen molar-refractivity contribution in [3.05, 3.63) is 23.8 Å². The average Bonchev–Trinajstić information content (AvgIpc) is 2.35. The summed E-state index contributed by atoms with van der Waals surface area (Å²) in [6.45, 7) is 9.42. The van der Waals surface area contributed by atoms with Gasteiger partial charge in [-0.1, -0.05) is 6.07 Å². The van der Waals surface area contributed by atoms with Crippen molar-refractivity contribution in [2.45, 2.75) is 52.3 Å². The molecule has 1 rings (SSSR count). The molecular weight excluding hydrogens is 254 g/mol. The Bertz CT molecular complexity index is 411. The summed E-state index contributed by atoms with van der Waals surface area (Å²) in [6, 6.07) is 5.93. The van der Waals surface area contributed by atoms with Crippen molar-refractivity contribution in [2.24, 2.45) is 0 Å². The van der Waals surface area contributed by atoms with Crippen LogP contribution in [-0.2, 0) is 6.54 Å². The molecule has 0 bridgehead atoms. The molecule has 0 amide bonds. The number of rotatable bonds is 7. The van der Waals surface area contributed by atoms with Crippen LogP contribution in [0.3, 0.4) is 0 Å². The van der Waals surface area contributed by atoms with Gasteiger partial charge in [0.2, 0.25) is 0 Å². The SMILES string of the molecule is COc1ccc(CNC(C)(C)C)cc1OCCC(C)O. The predicted molar refractivity (Wildman–Crippen MR) is 81.4 cm³/mol. The van der Waals surface area contributed by atoms with Crippen LogP contribution in [-0.4, -0.2) is 30.5 Å². The quantitative estimate of drug-likeness (QED) is 0.807. The van der Waals surface area contributed by atoms with E-state index in [4.69, 9.17) is 9.47 Å². The van der Waals surface area contributed by atoms with Crippen LogP contribution in [0.25, 0.3) is 0 Å². The fourth-order valence-corrected chi connectivity index (χ4v) is 1.65. The Morgan fingerprint density at radius 3 is 2.50 bits per heavy atom.